The Hall–Kier alpha value is -2.96. The van der Waals surface area contributed by atoms with Crippen molar-refractivity contribution >= 4 is 11.8 Å². The van der Waals surface area contributed by atoms with Crippen molar-refractivity contribution < 1.29 is 23.5 Å². The van der Waals surface area contributed by atoms with Gasteiger partial charge < -0.3 is 13.9 Å². The van der Waals surface area contributed by atoms with Crippen LogP contribution in [0.2, 0.25) is 0 Å². The lowest BCUT2D eigenvalue weighted by molar-refractivity contribution is -0.123. The number of nitrogens with one attached hydrogen (secondary N) is 2. The zero-order valence-corrected chi connectivity index (χ0v) is 16.4. The standard InChI is InChI=1S/C21H26N2O5/c1-13(2)8-10-28-18-7-6-14(11-19(18)26-3)20(24)22-23-21(25)16-12-15(16)17-5-4-9-27-17/h4-7,9,11,13,15-16H,8,10,12H2,1-3H3,(H,22,24)(H,23,25). The molecule has 28 heavy (non-hydrogen) atoms. The molecule has 0 bridgehead atoms. The van der Waals surface area contributed by atoms with Gasteiger partial charge in [0.05, 0.1) is 25.9 Å². The Bertz CT molecular complexity index is 816. The molecule has 3 rings (SSSR count). The summed E-state index contributed by atoms with van der Waals surface area (Å²) < 4.78 is 16.4. The molecule has 7 nitrogen and oxygen atoms in total. The van der Waals surface area contributed by atoms with Gasteiger partial charge in [-0.15, -0.1) is 0 Å². The van der Waals surface area contributed by atoms with E-state index in [-0.39, 0.29) is 17.7 Å². The van der Waals surface area contributed by atoms with Crippen molar-refractivity contribution in [1.29, 1.82) is 0 Å². The van der Waals surface area contributed by atoms with E-state index in [0.717, 1.165) is 12.2 Å². The summed E-state index contributed by atoms with van der Waals surface area (Å²) in [6.07, 6.45) is 3.23. The van der Waals surface area contributed by atoms with Gasteiger partial charge in [-0.05, 0) is 49.1 Å². The van der Waals surface area contributed by atoms with E-state index >= 15 is 0 Å². The van der Waals surface area contributed by atoms with E-state index in [4.69, 9.17) is 13.9 Å². The third-order valence-electron chi connectivity index (χ3n) is 4.71. The Morgan fingerprint density at radius 1 is 1.21 bits per heavy atom. The fraction of sp³-hybridized carbons (Fsp3) is 0.429. The fourth-order valence-electron chi connectivity index (χ4n) is 2.92. The van der Waals surface area contributed by atoms with E-state index < -0.39 is 5.91 Å². The minimum atomic E-state index is -0.421. The SMILES string of the molecule is COc1cc(C(=O)NNC(=O)C2CC2c2ccco2)ccc1OCCC(C)C. The summed E-state index contributed by atoms with van der Waals surface area (Å²) in [5.74, 6) is 1.64. The molecule has 2 unspecified atom stereocenters. The predicted octanol–water partition coefficient (Wildman–Crippen LogP) is 3.28. The number of ether oxygens (including phenoxy) is 2. The third kappa shape index (κ3) is 4.85. The van der Waals surface area contributed by atoms with Crippen molar-refractivity contribution in [3.63, 3.8) is 0 Å². The van der Waals surface area contributed by atoms with Crippen molar-refractivity contribution in [3.05, 3.63) is 47.9 Å². The molecule has 2 amide bonds. The molecule has 0 saturated heterocycles. The van der Waals surface area contributed by atoms with Gasteiger partial charge in [-0.25, -0.2) is 0 Å². The molecule has 2 N–H and O–H groups in total. The summed E-state index contributed by atoms with van der Waals surface area (Å²) in [4.78, 5) is 24.5. The molecule has 1 aromatic heterocycles. The molecule has 1 fully saturated rings. The predicted molar refractivity (Wildman–Crippen MR) is 103 cm³/mol. The number of carbonyl (C=O) groups is 2. The molecule has 2 atom stereocenters. The van der Waals surface area contributed by atoms with Crippen LogP contribution in [0.25, 0.3) is 0 Å². The molecule has 0 spiro atoms. The van der Waals surface area contributed by atoms with Gasteiger partial charge in [-0.3, -0.25) is 20.4 Å². The molecule has 1 heterocycles. The van der Waals surface area contributed by atoms with Crippen molar-refractivity contribution in [3.8, 4) is 11.5 Å². The summed E-state index contributed by atoms with van der Waals surface area (Å²) in [5, 5.41) is 0. The number of carbonyl (C=O) groups excluding carboxylic acids is 2. The maximum atomic E-state index is 12.3. The second kappa shape index (κ2) is 8.82. The monoisotopic (exact) mass is 386 g/mol. The topological polar surface area (TPSA) is 89.8 Å². The molecule has 1 aliphatic carbocycles. The number of methoxy groups -OCH3 is 1. The molecule has 1 aromatic carbocycles. The first-order valence-electron chi connectivity index (χ1n) is 9.44. The quantitative estimate of drug-likeness (QED) is 0.680. The second-order valence-corrected chi connectivity index (χ2v) is 7.30. The van der Waals surface area contributed by atoms with E-state index in [2.05, 4.69) is 24.7 Å². The largest absolute Gasteiger partial charge is 0.493 e. The van der Waals surface area contributed by atoms with Crippen LogP contribution in [0.15, 0.2) is 41.0 Å². The highest BCUT2D eigenvalue weighted by atomic mass is 16.5. The molecular weight excluding hydrogens is 360 g/mol. The van der Waals surface area contributed by atoms with Crippen LogP contribution in [-0.4, -0.2) is 25.5 Å². The number of rotatable bonds is 8. The smallest absolute Gasteiger partial charge is 0.269 e. The lowest BCUT2D eigenvalue weighted by Gasteiger charge is -2.13. The first kappa shape index (κ1) is 19.8. The Morgan fingerprint density at radius 3 is 2.71 bits per heavy atom. The van der Waals surface area contributed by atoms with Crippen LogP contribution >= 0.6 is 0 Å². The van der Waals surface area contributed by atoms with Crippen molar-refractivity contribution in [2.45, 2.75) is 32.6 Å². The van der Waals surface area contributed by atoms with Crippen molar-refractivity contribution in [1.82, 2.24) is 10.9 Å². The van der Waals surface area contributed by atoms with E-state index in [9.17, 15) is 9.59 Å². The number of amides is 2. The van der Waals surface area contributed by atoms with Crippen LogP contribution in [0, 0.1) is 11.8 Å². The molecule has 7 heteroatoms. The summed E-state index contributed by atoms with van der Waals surface area (Å²) in [7, 11) is 1.52. The number of furan rings is 1. The van der Waals surface area contributed by atoms with Crippen LogP contribution in [0.3, 0.4) is 0 Å². The third-order valence-corrected chi connectivity index (χ3v) is 4.71. The zero-order chi connectivity index (χ0) is 20.1. The first-order chi connectivity index (χ1) is 13.5. The van der Waals surface area contributed by atoms with E-state index in [1.54, 1.807) is 30.5 Å². The minimum absolute atomic E-state index is 0.0780. The van der Waals surface area contributed by atoms with Gasteiger partial charge in [0.25, 0.3) is 5.91 Å². The van der Waals surface area contributed by atoms with Gasteiger partial charge in [0.15, 0.2) is 11.5 Å². The van der Waals surface area contributed by atoms with E-state index in [1.807, 2.05) is 6.07 Å². The van der Waals surface area contributed by atoms with Gasteiger partial charge in [0, 0.05) is 11.5 Å². The number of benzene rings is 1. The number of hydrogen-bond acceptors (Lipinski definition) is 5. The normalized spacial score (nSPS) is 17.9. The highest BCUT2D eigenvalue weighted by Gasteiger charge is 2.46. The lowest BCUT2D eigenvalue weighted by atomic mass is 10.1. The molecular formula is C21H26N2O5. The van der Waals surface area contributed by atoms with Gasteiger partial charge in [0.2, 0.25) is 5.91 Å². The molecule has 150 valence electrons. The van der Waals surface area contributed by atoms with Crippen molar-refractivity contribution in [2.24, 2.45) is 11.8 Å². The summed E-state index contributed by atoms with van der Waals surface area (Å²) in [5.41, 5.74) is 5.30. The minimum Gasteiger partial charge on any atom is -0.493 e. The van der Waals surface area contributed by atoms with Crippen LogP contribution in [0.4, 0.5) is 0 Å². The Balaban J connectivity index is 1.52. The number of hydrogen-bond donors (Lipinski definition) is 2. The molecule has 0 radical (unpaired) electrons. The number of hydrazine groups is 1. The van der Waals surface area contributed by atoms with E-state index in [1.165, 1.54) is 7.11 Å². The second-order valence-electron chi connectivity index (χ2n) is 7.30. The molecule has 1 aliphatic rings. The first-order valence-corrected chi connectivity index (χ1v) is 9.44. The Morgan fingerprint density at radius 2 is 2.04 bits per heavy atom. The van der Waals surface area contributed by atoms with Crippen molar-refractivity contribution in [2.75, 3.05) is 13.7 Å². The van der Waals surface area contributed by atoms with Crippen LogP contribution in [-0.2, 0) is 4.79 Å². The highest BCUT2D eigenvalue weighted by Crippen LogP contribution is 2.47. The Kier molecular flexibility index (Phi) is 6.23. The van der Waals surface area contributed by atoms with E-state index in [0.29, 0.717) is 36.0 Å². The average molecular weight is 386 g/mol. The van der Waals surface area contributed by atoms with Gasteiger partial charge in [0.1, 0.15) is 5.76 Å². The highest BCUT2D eigenvalue weighted by molar-refractivity contribution is 5.96. The fourth-order valence-corrected chi connectivity index (χ4v) is 2.92. The van der Waals surface area contributed by atoms with Crippen LogP contribution < -0.4 is 20.3 Å². The summed E-state index contributed by atoms with van der Waals surface area (Å²) >= 11 is 0. The average Bonchev–Trinajstić information content (AvgIpc) is 3.30. The van der Waals surface area contributed by atoms with Gasteiger partial charge in [-0.2, -0.15) is 0 Å². The lowest BCUT2D eigenvalue weighted by Crippen LogP contribution is -2.42. The van der Waals surface area contributed by atoms with Gasteiger partial charge >= 0.3 is 0 Å². The van der Waals surface area contributed by atoms with Gasteiger partial charge in [-0.1, -0.05) is 13.8 Å². The van der Waals surface area contributed by atoms with Crippen LogP contribution in [0.1, 0.15) is 48.7 Å². The summed E-state index contributed by atoms with van der Waals surface area (Å²) in [6, 6.07) is 8.58. The zero-order valence-electron chi connectivity index (χ0n) is 16.4. The molecule has 1 saturated carbocycles. The maximum Gasteiger partial charge on any atom is 0.269 e. The molecule has 2 aromatic rings. The van der Waals surface area contributed by atoms with Crippen LogP contribution in [0.5, 0.6) is 11.5 Å². The molecule has 0 aliphatic heterocycles. The Labute approximate surface area is 164 Å². The summed E-state index contributed by atoms with van der Waals surface area (Å²) in [6.45, 7) is 4.83. The maximum absolute atomic E-state index is 12.3.